The largest absolute Gasteiger partial charge is 0.481 e. The lowest BCUT2D eigenvalue weighted by molar-refractivity contribution is -0.136. The lowest BCUT2D eigenvalue weighted by atomic mass is 10.4. The molecule has 0 atom stereocenters. The molecule has 0 aliphatic rings. The van der Waals surface area contributed by atoms with E-state index in [0.29, 0.717) is 11.7 Å². The summed E-state index contributed by atoms with van der Waals surface area (Å²) in [6.07, 6.45) is 1.25. The Hall–Kier alpha value is -1.36. The zero-order valence-corrected chi connectivity index (χ0v) is 6.61. The molecule has 0 unspecified atom stereocenters. The van der Waals surface area contributed by atoms with Crippen LogP contribution in [0.3, 0.4) is 0 Å². The van der Waals surface area contributed by atoms with Gasteiger partial charge in [0.05, 0.1) is 6.20 Å². The van der Waals surface area contributed by atoms with E-state index in [2.05, 4.69) is 4.98 Å². The quantitative estimate of drug-likeness (QED) is 0.711. The summed E-state index contributed by atoms with van der Waals surface area (Å²) in [6.45, 7) is 0.264. The van der Waals surface area contributed by atoms with Crippen molar-refractivity contribution in [3.8, 4) is 0 Å². The molecule has 0 aromatic carbocycles. The number of carboxylic acid groups (broad SMARTS) is 1. The summed E-state index contributed by atoms with van der Waals surface area (Å²) in [6, 6.07) is 0. The summed E-state index contributed by atoms with van der Waals surface area (Å²) in [5.74, 6) is -0.196. The van der Waals surface area contributed by atoms with Crippen LogP contribution in [-0.4, -0.2) is 23.2 Å². The predicted octanol–water partition coefficient (Wildman–Crippen LogP) is 0.448. The van der Waals surface area contributed by atoms with Crippen LogP contribution in [0.1, 0.15) is 11.7 Å². The second-order valence-electron chi connectivity index (χ2n) is 2.22. The van der Waals surface area contributed by atoms with Gasteiger partial charge < -0.3 is 14.3 Å². The minimum absolute atomic E-state index is 0.142. The Morgan fingerprint density at radius 1 is 1.83 bits per heavy atom. The molecule has 1 aromatic heterocycles. The highest BCUT2D eigenvalue weighted by Crippen LogP contribution is 2.04. The van der Waals surface area contributed by atoms with Crippen LogP contribution >= 0.6 is 0 Å². The summed E-state index contributed by atoms with van der Waals surface area (Å²) < 4.78 is 9.76. The average molecular weight is 171 g/mol. The van der Waals surface area contributed by atoms with Gasteiger partial charge in [0.2, 0.25) is 5.89 Å². The molecule has 66 valence electrons. The van der Waals surface area contributed by atoms with E-state index in [1.165, 1.54) is 13.3 Å². The van der Waals surface area contributed by atoms with Gasteiger partial charge >= 0.3 is 5.97 Å². The fourth-order valence-electron chi connectivity index (χ4n) is 0.769. The number of aliphatic carboxylic acids is 1. The van der Waals surface area contributed by atoms with E-state index in [-0.39, 0.29) is 13.0 Å². The second-order valence-corrected chi connectivity index (χ2v) is 2.22. The number of aromatic nitrogens is 1. The zero-order valence-electron chi connectivity index (χ0n) is 6.61. The molecule has 12 heavy (non-hydrogen) atoms. The van der Waals surface area contributed by atoms with Crippen molar-refractivity contribution in [3.05, 3.63) is 17.8 Å². The van der Waals surface area contributed by atoms with Gasteiger partial charge in [0.15, 0.2) is 0 Å². The number of methoxy groups -OCH3 is 1. The Labute approximate surface area is 69.0 Å². The van der Waals surface area contributed by atoms with Gasteiger partial charge in [-0.2, -0.15) is 0 Å². The van der Waals surface area contributed by atoms with Crippen LogP contribution in [0.15, 0.2) is 10.6 Å². The van der Waals surface area contributed by atoms with Gasteiger partial charge in [-0.1, -0.05) is 0 Å². The number of hydrogen-bond donors (Lipinski definition) is 1. The lowest BCUT2D eigenvalue weighted by Gasteiger charge is -1.90. The van der Waals surface area contributed by atoms with E-state index < -0.39 is 5.97 Å². The van der Waals surface area contributed by atoms with Crippen molar-refractivity contribution >= 4 is 5.97 Å². The molecule has 0 radical (unpaired) electrons. The smallest absolute Gasteiger partial charge is 0.311 e. The second kappa shape index (κ2) is 3.87. The van der Waals surface area contributed by atoms with Crippen LogP contribution < -0.4 is 0 Å². The minimum atomic E-state index is -0.935. The number of ether oxygens (including phenoxy) is 1. The number of nitrogens with zero attached hydrogens (tertiary/aromatic N) is 1. The highest BCUT2D eigenvalue weighted by atomic mass is 16.5. The summed E-state index contributed by atoms with van der Waals surface area (Å²) in [7, 11) is 1.51. The van der Waals surface area contributed by atoms with Gasteiger partial charge in [-0.05, 0) is 0 Å². The molecule has 1 aromatic rings. The van der Waals surface area contributed by atoms with Crippen LogP contribution in [0.2, 0.25) is 0 Å². The molecular weight excluding hydrogens is 162 g/mol. The molecule has 0 saturated heterocycles. The van der Waals surface area contributed by atoms with E-state index in [1.807, 2.05) is 0 Å². The lowest BCUT2D eigenvalue weighted by Crippen LogP contribution is -1.98. The van der Waals surface area contributed by atoms with Gasteiger partial charge in [-0.3, -0.25) is 4.79 Å². The fraction of sp³-hybridized carbons (Fsp3) is 0.429. The van der Waals surface area contributed by atoms with Gasteiger partial charge in [-0.15, -0.1) is 0 Å². The van der Waals surface area contributed by atoms with Crippen molar-refractivity contribution in [2.45, 2.75) is 13.0 Å². The normalized spacial score (nSPS) is 10.1. The molecule has 1 N–H and O–H groups in total. The minimum Gasteiger partial charge on any atom is -0.481 e. The standard InChI is InChI=1S/C7H9NO4/c1-11-4-6-8-3-5(12-6)2-7(9)10/h3H,2,4H2,1H3,(H,9,10). The first-order chi connectivity index (χ1) is 5.72. The fourth-order valence-corrected chi connectivity index (χ4v) is 0.769. The van der Waals surface area contributed by atoms with Crippen LogP contribution in [0.4, 0.5) is 0 Å². The Morgan fingerprint density at radius 2 is 2.58 bits per heavy atom. The molecule has 0 fully saturated rings. The summed E-state index contributed by atoms with van der Waals surface area (Å²) in [5.41, 5.74) is 0. The van der Waals surface area contributed by atoms with Gasteiger partial charge in [0.25, 0.3) is 0 Å². The Morgan fingerprint density at radius 3 is 3.17 bits per heavy atom. The molecule has 0 aliphatic heterocycles. The maximum Gasteiger partial charge on any atom is 0.311 e. The Kier molecular flexibility index (Phi) is 2.82. The van der Waals surface area contributed by atoms with E-state index in [9.17, 15) is 4.79 Å². The molecule has 0 saturated carbocycles. The van der Waals surface area contributed by atoms with Crippen LogP contribution in [0.25, 0.3) is 0 Å². The molecular formula is C7H9NO4. The maximum atomic E-state index is 10.2. The number of carboxylic acids is 1. The molecule has 1 rings (SSSR count). The van der Waals surface area contributed by atoms with Gasteiger partial charge in [-0.25, -0.2) is 4.98 Å². The van der Waals surface area contributed by atoms with Crippen molar-refractivity contribution in [2.75, 3.05) is 7.11 Å². The first kappa shape index (κ1) is 8.73. The van der Waals surface area contributed by atoms with E-state index >= 15 is 0 Å². The number of carbonyl (C=O) groups is 1. The monoisotopic (exact) mass is 171 g/mol. The van der Waals surface area contributed by atoms with Crippen LogP contribution in [-0.2, 0) is 22.6 Å². The molecule has 0 amide bonds. The molecule has 1 heterocycles. The number of rotatable bonds is 4. The SMILES string of the molecule is COCc1ncc(CC(=O)O)o1. The predicted molar refractivity (Wildman–Crippen MR) is 38.6 cm³/mol. The molecule has 0 bridgehead atoms. The molecule has 0 spiro atoms. The maximum absolute atomic E-state index is 10.2. The number of hydrogen-bond acceptors (Lipinski definition) is 4. The molecule has 0 aliphatic carbocycles. The average Bonchev–Trinajstić information content (AvgIpc) is 2.36. The third-order valence-corrected chi connectivity index (χ3v) is 1.19. The first-order valence-corrected chi connectivity index (χ1v) is 3.36. The third-order valence-electron chi connectivity index (χ3n) is 1.19. The summed E-state index contributed by atoms with van der Waals surface area (Å²) in [4.78, 5) is 14.0. The first-order valence-electron chi connectivity index (χ1n) is 3.36. The summed E-state index contributed by atoms with van der Waals surface area (Å²) in [5, 5.41) is 8.39. The Balaban J connectivity index is 2.58. The van der Waals surface area contributed by atoms with Crippen molar-refractivity contribution in [3.63, 3.8) is 0 Å². The van der Waals surface area contributed by atoms with Crippen molar-refractivity contribution in [1.82, 2.24) is 4.98 Å². The van der Waals surface area contributed by atoms with Crippen molar-refractivity contribution in [2.24, 2.45) is 0 Å². The highest BCUT2D eigenvalue weighted by molar-refractivity contribution is 5.69. The zero-order chi connectivity index (χ0) is 8.97. The Bertz CT molecular complexity index is 268. The van der Waals surface area contributed by atoms with Gasteiger partial charge in [0.1, 0.15) is 18.8 Å². The van der Waals surface area contributed by atoms with E-state index in [0.717, 1.165) is 0 Å². The summed E-state index contributed by atoms with van der Waals surface area (Å²) >= 11 is 0. The van der Waals surface area contributed by atoms with E-state index in [1.54, 1.807) is 0 Å². The molecule has 5 heteroatoms. The van der Waals surface area contributed by atoms with Crippen molar-refractivity contribution < 1.29 is 19.1 Å². The van der Waals surface area contributed by atoms with E-state index in [4.69, 9.17) is 14.3 Å². The van der Waals surface area contributed by atoms with Gasteiger partial charge in [0, 0.05) is 7.11 Å². The van der Waals surface area contributed by atoms with Crippen LogP contribution in [0.5, 0.6) is 0 Å². The third kappa shape index (κ3) is 2.35. The number of oxazole rings is 1. The highest BCUT2D eigenvalue weighted by Gasteiger charge is 2.06. The van der Waals surface area contributed by atoms with Crippen molar-refractivity contribution in [1.29, 1.82) is 0 Å². The van der Waals surface area contributed by atoms with Crippen LogP contribution in [0, 0.1) is 0 Å². The topological polar surface area (TPSA) is 72.6 Å². The molecule has 5 nitrogen and oxygen atoms in total.